The lowest BCUT2D eigenvalue weighted by Crippen LogP contribution is -2.46. The van der Waals surface area contributed by atoms with Crippen LogP contribution in [0.15, 0.2) is 17.5 Å². The highest BCUT2D eigenvalue weighted by atomic mass is 32.1. The number of amides is 2. The van der Waals surface area contributed by atoms with E-state index < -0.39 is 11.7 Å². The SMILES string of the molecule is CC(C)C[C@@H](CNC(=O)CCc1cccs1)NC(=O)OC(C)(C)C. The molecule has 1 atom stereocenters. The van der Waals surface area contributed by atoms with Gasteiger partial charge in [0.05, 0.1) is 0 Å². The maximum Gasteiger partial charge on any atom is 0.407 e. The summed E-state index contributed by atoms with van der Waals surface area (Å²) in [5.41, 5.74) is -0.531. The Labute approximate surface area is 149 Å². The van der Waals surface area contributed by atoms with Crippen molar-refractivity contribution in [3.8, 4) is 0 Å². The van der Waals surface area contributed by atoms with Crippen molar-refractivity contribution >= 4 is 23.3 Å². The van der Waals surface area contributed by atoms with E-state index in [-0.39, 0.29) is 11.9 Å². The Bertz CT molecular complexity index is 507. The van der Waals surface area contributed by atoms with Gasteiger partial charge >= 0.3 is 6.09 Å². The number of thiophene rings is 1. The molecule has 6 heteroatoms. The Morgan fingerprint density at radius 2 is 2.00 bits per heavy atom. The van der Waals surface area contributed by atoms with Gasteiger partial charge in [-0.05, 0) is 51.0 Å². The topological polar surface area (TPSA) is 67.4 Å². The predicted octanol–water partition coefficient (Wildman–Crippen LogP) is 3.74. The molecule has 5 nitrogen and oxygen atoms in total. The maximum absolute atomic E-state index is 12.0. The van der Waals surface area contributed by atoms with Gasteiger partial charge < -0.3 is 15.4 Å². The Hall–Kier alpha value is -1.56. The quantitative estimate of drug-likeness (QED) is 0.747. The molecule has 2 N–H and O–H groups in total. The molecule has 0 bridgehead atoms. The fourth-order valence-electron chi connectivity index (χ4n) is 2.25. The van der Waals surface area contributed by atoms with Crippen molar-refractivity contribution in [1.82, 2.24) is 10.6 Å². The van der Waals surface area contributed by atoms with E-state index >= 15 is 0 Å². The molecule has 2 amide bonds. The van der Waals surface area contributed by atoms with Gasteiger partial charge in [-0.1, -0.05) is 19.9 Å². The van der Waals surface area contributed by atoms with Crippen LogP contribution in [-0.2, 0) is 16.0 Å². The molecule has 1 aromatic rings. The van der Waals surface area contributed by atoms with Crippen LogP contribution in [0, 0.1) is 5.92 Å². The van der Waals surface area contributed by atoms with E-state index in [2.05, 4.69) is 24.5 Å². The molecule has 24 heavy (non-hydrogen) atoms. The van der Waals surface area contributed by atoms with Gasteiger partial charge in [0.1, 0.15) is 5.60 Å². The Kier molecular flexibility index (Phi) is 8.25. The van der Waals surface area contributed by atoms with E-state index in [0.29, 0.717) is 18.9 Å². The monoisotopic (exact) mass is 354 g/mol. The Morgan fingerprint density at radius 3 is 2.54 bits per heavy atom. The van der Waals surface area contributed by atoms with Gasteiger partial charge in [-0.2, -0.15) is 0 Å². The van der Waals surface area contributed by atoms with E-state index in [4.69, 9.17) is 4.74 Å². The molecular formula is C18H30N2O3S. The number of hydrogen-bond acceptors (Lipinski definition) is 4. The van der Waals surface area contributed by atoms with Gasteiger partial charge in [0.15, 0.2) is 0 Å². The van der Waals surface area contributed by atoms with Crippen molar-refractivity contribution in [2.75, 3.05) is 6.54 Å². The molecular weight excluding hydrogens is 324 g/mol. The number of nitrogens with one attached hydrogen (secondary N) is 2. The van der Waals surface area contributed by atoms with Crippen LogP contribution >= 0.6 is 11.3 Å². The second-order valence-corrected chi connectivity index (χ2v) is 8.39. The average molecular weight is 355 g/mol. The third-order valence-corrected chi connectivity index (χ3v) is 4.14. The highest BCUT2D eigenvalue weighted by Gasteiger charge is 2.20. The summed E-state index contributed by atoms with van der Waals surface area (Å²) in [6, 6.07) is 3.88. The lowest BCUT2D eigenvalue weighted by molar-refractivity contribution is -0.121. The minimum absolute atomic E-state index is 0.00291. The number of aryl methyl sites for hydroxylation is 1. The largest absolute Gasteiger partial charge is 0.444 e. The van der Waals surface area contributed by atoms with Crippen LogP contribution in [0.25, 0.3) is 0 Å². The first-order valence-electron chi connectivity index (χ1n) is 8.44. The van der Waals surface area contributed by atoms with Crippen molar-refractivity contribution < 1.29 is 14.3 Å². The van der Waals surface area contributed by atoms with Crippen molar-refractivity contribution in [2.24, 2.45) is 5.92 Å². The number of carbonyl (C=O) groups is 2. The summed E-state index contributed by atoms with van der Waals surface area (Å²) in [7, 11) is 0. The van der Waals surface area contributed by atoms with Crippen LogP contribution in [0.4, 0.5) is 4.79 Å². The highest BCUT2D eigenvalue weighted by Crippen LogP contribution is 2.11. The smallest absolute Gasteiger partial charge is 0.407 e. The summed E-state index contributed by atoms with van der Waals surface area (Å²) in [5.74, 6) is 0.413. The van der Waals surface area contributed by atoms with Crippen LogP contribution in [-0.4, -0.2) is 30.2 Å². The highest BCUT2D eigenvalue weighted by molar-refractivity contribution is 7.09. The molecule has 0 saturated carbocycles. The van der Waals surface area contributed by atoms with Crippen molar-refractivity contribution in [2.45, 2.75) is 65.5 Å². The number of alkyl carbamates (subject to hydrolysis) is 1. The fraction of sp³-hybridized carbons (Fsp3) is 0.667. The molecule has 136 valence electrons. The molecule has 0 radical (unpaired) electrons. The van der Waals surface area contributed by atoms with Gasteiger partial charge in [0, 0.05) is 23.9 Å². The van der Waals surface area contributed by atoms with Crippen LogP contribution in [0.5, 0.6) is 0 Å². The van der Waals surface area contributed by atoms with Gasteiger partial charge in [0.2, 0.25) is 5.91 Å². The van der Waals surface area contributed by atoms with Gasteiger partial charge in [-0.15, -0.1) is 11.3 Å². The predicted molar refractivity (Wildman–Crippen MR) is 98.3 cm³/mol. The van der Waals surface area contributed by atoms with Crippen molar-refractivity contribution in [3.63, 3.8) is 0 Å². The van der Waals surface area contributed by atoms with Gasteiger partial charge in [0.25, 0.3) is 0 Å². The third kappa shape index (κ3) is 9.55. The molecule has 1 heterocycles. The van der Waals surface area contributed by atoms with E-state index in [0.717, 1.165) is 12.8 Å². The van der Waals surface area contributed by atoms with Gasteiger partial charge in [-0.3, -0.25) is 4.79 Å². The molecule has 0 aromatic carbocycles. The first-order chi connectivity index (χ1) is 11.2. The molecule has 0 aliphatic heterocycles. The summed E-state index contributed by atoms with van der Waals surface area (Å²) in [6.07, 6.45) is 1.55. The molecule has 0 unspecified atom stereocenters. The lowest BCUT2D eigenvalue weighted by atomic mass is 10.0. The summed E-state index contributed by atoms with van der Waals surface area (Å²) in [6.45, 7) is 10.1. The first kappa shape index (κ1) is 20.5. The van der Waals surface area contributed by atoms with Crippen LogP contribution in [0.1, 0.15) is 52.3 Å². The Balaban J connectivity index is 2.41. The first-order valence-corrected chi connectivity index (χ1v) is 9.32. The zero-order chi connectivity index (χ0) is 18.2. The van der Waals surface area contributed by atoms with E-state index in [1.54, 1.807) is 11.3 Å². The number of ether oxygens (including phenoxy) is 1. The summed E-state index contributed by atoms with van der Waals surface area (Å²) in [4.78, 5) is 25.1. The second-order valence-electron chi connectivity index (χ2n) is 7.36. The van der Waals surface area contributed by atoms with Crippen molar-refractivity contribution in [1.29, 1.82) is 0 Å². The molecule has 0 saturated heterocycles. The third-order valence-electron chi connectivity index (χ3n) is 3.20. The minimum Gasteiger partial charge on any atom is -0.444 e. The van der Waals surface area contributed by atoms with E-state index in [9.17, 15) is 9.59 Å². The van der Waals surface area contributed by atoms with Crippen LogP contribution < -0.4 is 10.6 Å². The van der Waals surface area contributed by atoms with Crippen LogP contribution in [0.2, 0.25) is 0 Å². The maximum atomic E-state index is 12.0. The van der Waals surface area contributed by atoms with E-state index in [1.807, 2.05) is 38.3 Å². The van der Waals surface area contributed by atoms with Crippen molar-refractivity contribution in [3.05, 3.63) is 22.4 Å². The Morgan fingerprint density at radius 1 is 1.29 bits per heavy atom. The number of hydrogen-bond donors (Lipinski definition) is 2. The molecule has 1 aromatic heterocycles. The minimum atomic E-state index is -0.531. The summed E-state index contributed by atoms with van der Waals surface area (Å²) in [5, 5.41) is 7.78. The molecule has 1 rings (SSSR count). The molecule has 0 fully saturated rings. The lowest BCUT2D eigenvalue weighted by Gasteiger charge is -2.25. The summed E-state index contributed by atoms with van der Waals surface area (Å²) < 4.78 is 5.29. The number of carbonyl (C=O) groups excluding carboxylic acids is 2. The molecule has 0 spiro atoms. The second kappa shape index (κ2) is 9.67. The summed E-state index contributed by atoms with van der Waals surface area (Å²) >= 11 is 1.66. The molecule has 0 aliphatic carbocycles. The van der Waals surface area contributed by atoms with Gasteiger partial charge in [-0.25, -0.2) is 4.79 Å². The standard InChI is InChI=1S/C18H30N2O3S/c1-13(2)11-14(20-17(22)23-18(3,4)5)12-19-16(21)9-8-15-7-6-10-24-15/h6-7,10,13-14H,8-9,11-12H2,1-5H3,(H,19,21)(H,20,22)/t14-/m0/s1. The fourth-order valence-corrected chi connectivity index (χ4v) is 2.96. The van der Waals surface area contributed by atoms with Crippen LogP contribution in [0.3, 0.4) is 0 Å². The molecule has 0 aliphatic rings. The zero-order valence-electron chi connectivity index (χ0n) is 15.3. The zero-order valence-corrected chi connectivity index (χ0v) is 16.2. The normalized spacial score (nSPS) is 12.8. The van der Waals surface area contributed by atoms with E-state index in [1.165, 1.54) is 4.88 Å². The average Bonchev–Trinajstić information content (AvgIpc) is 2.93. The number of rotatable bonds is 8.